The first-order valence-electron chi connectivity index (χ1n) is 8.39. The molecule has 22 heavy (non-hydrogen) atoms. The number of nitrogens with one attached hydrogen (secondary N) is 1. The fourth-order valence-corrected chi connectivity index (χ4v) is 2.87. The van der Waals surface area contributed by atoms with Crippen LogP contribution in [0.1, 0.15) is 57.9 Å². The van der Waals surface area contributed by atoms with Crippen molar-refractivity contribution in [1.29, 1.82) is 0 Å². The summed E-state index contributed by atoms with van der Waals surface area (Å²) in [5.74, 6) is 0.394. The lowest BCUT2D eigenvalue weighted by molar-refractivity contribution is 0.406. The van der Waals surface area contributed by atoms with Crippen molar-refractivity contribution >= 4 is 0 Å². The largest absolute Gasteiger partial charge is 0.384 e. The van der Waals surface area contributed by atoms with Crippen LogP contribution in [0.3, 0.4) is 0 Å². The number of allylic oxidation sites excluding steroid dienone is 5. The van der Waals surface area contributed by atoms with Gasteiger partial charge in [-0.1, -0.05) is 62.1 Å². The van der Waals surface area contributed by atoms with Crippen LogP contribution in [0.2, 0.25) is 0 Å². The molecule has 1 nitrogen and oxygen atoms in total. The fourth-order valence-electron chi connectivity index (χ4n) is 2.87. The van der Waals surface area contributed by atoms with Gasteiger partial charge < -0.3 is 5.32 Å². The molecule has 0 bridgehead atoms. The van der Waals surface area contributed by atoms with E-state index >= 15 is 0 Å². The Morgan fingerprint density at radius 3 is 2.55 bits per heavy atom. The summed E-state index contributed by atoms with van der Waals surface area (Å²) in [6, 6.07) is 10.8. The molecule has 0 radical (unpaired) electrons. The van der Waals surface area contributed by atoms with Gasteiger partial charge in [-0.15, -0.1) is 0 Å². The average Bonchev–Trinajstić information content (AvgIpc) is 2.54. The molecule has 1 aromatic carbocycles. The molecule has 1 heteroatoms. The van der Waals surface area contributed by atoms with Crippen molar-refractivity contribution in [3.05, 3.63) is 72.0 Å². The lowest BCUT2D eigenvalue weighted by atomic mass is 9.84. The summed E-state index contributed by atoms with van der Waals surface area (Å²) in [5.41, 5.74) is 4.03. The van der Waals surface area contributed by atoms with Crippen LogP contribution in [0.15, 0.2) is 66.4 Å². The van der Waals surface area contributed by atoms with Gasteiger partial charge in [0.2, 0.25) is 0 Å². The minimum atomic E-state index is 0.106. The standard InChI is InChI=1S/C21H29N/c1-5-21(3,4)22-17(2)16-20(18-12-8-6-9-13-18)19-14-10-7-11-15-19/h6,8-10,12-15,20,22H,2,5,7,11,16H2,1,3-4H3. The Kier molecular flexibility index (Phi) is 5.65. The molecular formula is C21H29N. The highest BCUT2D eigenvalue weighted by Gasteiger charge is 2.20. The van der Waals surface area contributed by atoms with Crippen LogP contribution in [-0.2, 0) is 0 Å². The Balaban J connectivity index is 2.17. The molecule has 0 fully saturated rings. The van der Waals surface area contributed by atoms with Crippen LogP contribution in [0.25, 0.3) is 0 Å². The molecule has 1 aliphatic rings. The SMILES string of the molecule is C=C(CC(C1=CCCC=C1)c1ccccc1)NC(C)(C)CC. The number of rotatable bonds is 7. The van der Waals surface area contributed by atoms with Crippen molar-refractivity contribution in [1.82, 2.24) is 5.32 Å². The molecule has 1 unspecified atom stereocenters. The Bertz CT molecular complexity index is 549. The van der Waals surface area contributed by atoms with E-state index < -0.39 is 0 Å². The average molecular weight is 295 g/mol. The molecule has 0 aromatic heterocycles. The van der Waals surface area contributed by atoms with E-state index in [2.05, 4.69) is 81.2 Å². The Hall–Kier alpha value is -1.76. The fraction of sp³-hybridized carbons (Fsp3) is 0.429. The van der Waals surface area contributed by atoms with Crippen LogP contribution in [0.4, 0.5) is 0 Å². The molecular weight excluding hydrogens is 266 g/mol. The summed E-state index contributed by atoms with van der Waals surface area (Å²) >= 11 is 0. The summed E-state index contributed by atoms with van der Waals surface area (Å²) in [4.78, 5) is 0. The maximum absolute atomic E-state index is 4.29. The molecule has 2 rings (SSSR count). The number of hydrogen-bond donors (Lipinski definition) is 1. The normalized spacial score (nSPS) is 16.0. The van der Waals surface area contributed by atoms with Crippen LogP contribution in [0.5, 0.6) is 0 Å². The zero-order valence-electron chi connectivity index (χ0n) is 14.2. The van der Waals surface area contributed by atoms with Crippen LogP contribution >= 0.6 is 0 Å². The van der Waals surface area contributed by atoms with Crippen LogP contribution in [0, 0.1) is 0 Å². The first-order chi connectivity index (χ1) is 10.5. The second-order valence-corrected chi connectivity index (χ2v) is 6.82. The van der Waals surface area contributed by atoms with Crippen molar-refractivity contribution < 1.29 is 0 Å². The van der Waals surface area contributed by atoms with Gasteiger partial charge in [0.15, 0.2) is 0 Å². The van der Waals surface area contributed by atoms with Gasteiger partial charge >= 0.3 is 0 Å². The number of benzene rings is 1. The van der Waals surface area contributed by atoms with E-state index in [9.17, 15) is 0 Å². The smallest absolute Gasteiger partial charge is 0.0311 e. The summed E-state index contributed by atoms with van der Waals surface area (Å²) in [6.45, 7) is 11.0. The van der Waals surface area contributed by atoms with Gasteiger partial charge in [-0.2, -0.15) is 0 Å². The number of hydrogen-bond acceptors (Lipinski definition) is 1. The molecule has 1 N–H and O–H groups in total. The molecule has 0 saturated heterocycles. The minimum Gasteiger partial charge on any atom is -0.384 e. The van der Waals surface area contributed by atoms with Gasteiger partial charge in [0, 0.05) is 17.2 Å². The van der Waals surface area contributed by atoms with Gasteiger partial charge in [-0.3, -0.25) is 0 Å². The third-order valence-corrected chi connectivity index (χ3v) is 4.48. The Morgan fingerprint density at radius 2 is 1.95 bits per heavy atom. The summed E-state index contributed by atoms with van der Waals surface area (Å²) < 4.78 is 0. The highest BCUT2D eigenvalue weighted by molar-refractivity contribution is 5.37. The van der Waals surface area contributed by atoms with Crippen molar-refractivity contribution in [3.63, 3.8) is 0 Å². The quantitative estimate of drug-likeness (QED) is 0.677. The summed E-state index contributed by atoms with van der Waals surface area (Å²) in [6.07, 6.45) is 11.3. The van der Waals surface area contributed by atoms with E-state index in [-0.39, 0.29) is 5.54 Å². The molecule has 118 valence electrons. The van der Waals surface area contributed by atoms with E-state index in [4.69, 9.17) is 0 Å². The van der Waals surface area contributed by atoms with E-state index in [0.717, 1.165) is 31.4 Å². The topological polar surface area (TPSA) is 12.0 Å². The van der Waals surface area contributed by atoms with Gasteiger partial charge in [-0.05, 0) is 50.7 Å². The van der Waals surface area contributed by atoms with Crippen molar-refractivity contribution in [2.45, 2.75) is 57.9 Å². The summed E-state index contributed by atoms with van der Waals surface area (Å²) in [7, 11) is 0. The zero-order valence-corrected chi connectivity index (χ0v) is 14.2. The predicted molar refractivity (Wildman–Crippen MR) is 96.9 cm³/mol. The van der Waals surface area contributed by atoms with E-state index in [1.165, 1.54) is 11.1 Å². The Labute approximate surface area is 135 Å². The molecule has 1 atom stereocenters. The van der Waals surface area contributed by atoms with Crippen LogP contribution in [-0.4, -0.2) is 5.54 Å². The molecule has 0 heterocycles. The first-order valence-corrected chi connectivity index (χ1v) is 8.39. The molecule has 1 aliphatic carbocycles. The monoisotopic (exact) mass is 295 g/mol. The van der Waals surface area contributed by atoms with E-state index in [0.29, 0.717) is 5.92 Å². The van der Waals surface area contributed by atoms with Crippen molar-refractivity contribution in [2.24, 2.45) is 0 Å². The molecule has 1 aromatic rings. The van der Waals surface area contributed by atoms with Gasteiger partial charge in [-0.25, -0.2) is 0 Å². The third kappa shape index (κ3) is 4.62. The zero-order chi connectivity index (χ0) is 16.0. The minimum absolute atomic E-state index is 0.106. The summed E-state index contributed by atoms with van der Waals surface area (Å²) in [5, 5.41) is 3.60. The van der Waals surface area contributed by atoms with Crippen molar-refractivity contribution in [2.75, 3.05) is 0 Å². The predicted octanol–water partition coefficient (Wildman–Crippen LogP) is 5.73. The van der Waals surface area contributed by atoms with Crippen LogP contribution < -0.4 is 5.32 Å². The second kappa shape index (κ2) is 7.49. The second-order valence-electron chi connectivity index (χ2n) is 6.82. The van der Waals surface area contributed by atoms with Gasteiger partial charge in [0.25, 0.3) is 0 Å². The third-order valence-electron chi connectivity index (χ3n) is 4.48. The molecule has 0 amide bonds. The van der Waals surface area contributed by atoms with Gasteiger partial charge in [0.05, 0.1) is 0 Å². The lowest BCUT2D eigenvalue weighted by Gasteiger charge is -2.30. The maximum atomic E-state index is 4.29. The van der Waals surface area contributed by atoms with E-state index in [1.54, 1.807) is 0 Å². The lowest BCUT2D eigenvalue weighted by Crippen LogP contribution is -2.37. The first kappa shape index (κ1) is 16.6. The highest BCUT2D eigenvalue weighted by Crippen LogP contribution is 2.33. The van der Waals surface area contributed by atoms with E-state index in [1.807, 2.05) is 0 Å². The van der Waals surface area contributed by atoms with Gasteiger partial charge in [0.1, 0.15) is 0 Å². The maximum Gasteiger partial charge on any atom is 0.0311 e. The Morgan fingerprint density at radius 1 is 1.23 bits per heavy atom. The van der Waals surface area contributed by atoms with Crippen molar-refractivity contribution in [3.8, 4) is 0 Å². The molecule has 0 spiro atoms. The highest BCUT2D eigenvalue weighted by atomic mass is 15.0. The molecule has 0 saturated carbocycles. The molecule has 0 aliphatic heterocycles.